The van der Waals surface area contributed by atoms with Crippen LogP contribution in [0.1, 0.15) is 12.0 Å². The number of likely N-dealkylation sites (N-methyl/N-ethyl adjacent to an activating group) is 1. The van der Waals surface area contributed by atoms with Gasteiger partial charge in [-0.2, -0.15) is 0 Å². The number of benzene rings is 2. The lowest BCUT2D eigenvalue weighted by atomic mass is 10.1. The van der Waals surface area contributed by atoms with Gasteiger partial charge in [-0.25, -0.2) is 0 Å². The average molecular weight is 460 g/mol. The molecule has 9 heteroatoms. The summed E-state index contributed by atoms with van der Waals surface area (Å²) in [5.41, 5.74) is 3.17. The number of furan rings is 1. The molecule has 0 aliphatic carbocycles. The second kappa shape index (κ2) is 8.75. The summed E-state index contributed by atoms with van der Waals surface area (Å²) in [5.74, 6) is 1.32. The van der Waals surface area contributed by atoms with Crippen molar-refractivity contribution in [1.82, 2.24) is 15.1 Å². The van der Waals surface area contributed by atoms with Gasteiger partial charge < -0.3 is 18.6 Å². The highest BCUT2D eigenvalue weighted by atomic mass is 16.6. The molecule has 2 aromatic heterocycles. The molecule has 9 nitrogen and oxygen atoms in total. The fourth-order valence-electron chi connectivity index (χ4n) is 4.25. The molecule has 0 spiro atoms. The van der Waals surface area contributed by atoms with Crippen LogP contribution in [-0.2, 0) is 0 Å². The highest BCUT2D eigenvalue weighted by Gasteiger charge is 2.24. The topological polar surface area (TPSA) is 102 Å². The first kappa shape index (κ1) is 21.8. The van der Waals surface area contributed by atoms with Gasteiger partial charge in [0.25, 0.3) is 11.6 Å². The summed E-state index contributed by atoms with van der Waals surface area (Å²) in [6.07, 6.45) is 1.15. The Labute approximate surface area is 196 Å². The third-order valence-electron chi connectivity index (χ3n) is 6.23. The van der Waals surface area contributed by atoms with Gasteiger partial charge in [0.15, 0.2) is 5.76 Å². The van der Waals surface area contributed by atoms with Crippen LogP contribution in [0.15, 0.2) is 63.4 Å². The molecule has 2 aromatic carbocycles. The molecule has 1 aliphatic heterocycles. The number of hydrogen-bond acceptors (Lipinski definition) is 8. The van der Waals surface area contributed by atoms with Crippen LogP contribution in [0.4, 0.5) is 11.4 Å². The quantitative estimate of drug-likeness (QED) is 0.293. The summed E-state index contributed by atoms with van der Waals surface area (Å²) in [6, 6.07) is 17.0. The third kappa shape index (κ3) is 4.17. The Kier molecular flexibility index (Phi) is 5.62. The van der Waals surface area contributed by atoms with E-state index < -0.39 is 4.92 Å². The number of aromatic nitrogens is 2. The predicted molar refractivity (Wildman–Crippen MR) is 129 cm³/mol. The highest BCUT2D eigenvalue weighted by molar-refractivity contribution is 5.71. The molecule has 0 saturated carbocycles. The van der Waals surface area contributed by atoms with E-state index in [4.69, 9.17) is 8.83 Å². The molecule has 4 aromatic rings. The number of nitrogens with zero attached hydrogens (tertiary/aromatic N) is 5. The lowest BCUT2D eigenvalue weighted by Gasteiger charge is -2.21. The minimum absolute atomic E-state index is 0.0119. The minimum atomic E-state index is -0.415. The Morgan fingerprint density at radius 2 is 1.74 bits per heavy atom. The van der Waals surface area contributed by atoms with Gasteiger partial charge in [0.05, 0.1) is 10.5 Å². The van der Waals surface area contributed by atoms with E-state index in [9.17, 15) is 10.1 Å². The van der Waals surface area contributed by atoms with Crippen molar-refractivity contribution in [2.45, 2.75) is 19.4 Å². The molecule has 0 bridgehead atoms. The smallest absolute Gasteiger partial charge is 0.283 e. The van der Waals surface area contributed by atoms with Gasteiger partial charge in [-0.1, -0.05) is 6.07 Å². The van der Waals surface area contributed by atoms with Crippen molar-refractivity contribution in [3.8, 4) is 34.4 Å². The van der Waals surface area contributed by atoms with Gasteiger partial charge in [-0.05, 0) is 75.5 Å². The highest BCUT2D eigenvalue weighted by Crippen LogP contribution is 2.35. The lowest BCUT2D eigenvalue weighted by molar-refractivity contribution is -0.384. The van der Waals surface area contributed by atoms with Crippen LogP contribution in [0.2, 0.25) is 0 Å². The molecule has 1 fully saturated rings. The first-order valence-electron chi connectivity index (χ1n) is 11.1. The summed E-state index contributed by atoms with van der Waals surface area (Å²) < 4.78 is 11.7. The van der Waals surface area contributed by atoms with Crippen LogP contribution in [0, 0.1) is 17.0 Å². The Bertz CT molecular complexity index is 1330. The summed E-state index contributed by atoms with van der Waals surface area (Å²) >= 11 is 0. The Morgan fingerprint density at radius 1 is 1.00 bits per heavy atom. The van der Waals surface area contributed by atoms with E-state index in [1.807, 2.05) is 25.1 Å². The summed E-state index contributed by atoms with van der Waals surface area (Å²) in [5, 5.41) is 19.7. The molecule has 1 aliphatic rings. The largest absolute Gasteiger partial charge is 0.451 e. The summed E-state index contributed by atoms with van der Waals surface area (Å²) in [6.45, 7) is 3.85. The fourth-order valence-corrected chi connectivity index (χ4v) is 4.25. The number of nitro benzene ring substituents is 1. The zero-order valence-corrected chi connectivity index (χ0v) is 19.3. The molecule has 174 valence electrons. The Balaban J connectivity index is 1.35. The van der Waals surface area contributed by atoms with Gasteiger partial charge in [-0.3, -0.25) is 10.1 Å². The van der Waals surface area contributed by atoms with E-state index in [1.165, 1.54) is 11.8 Å². The summed E-state index contributed by atoms with van der Waals surface area (Å²) in [4.78, 5) is 15.7. The van der Waals surface area contributed by atoms with Crippen molar-refractivity contribution < 1.29 is 13.8 Å². The molecule has 3 heterocycles. The van der Waals surface area contributed by atoms with Gasteiger partial charge in [-0.15, -0.1) is 10.2 Å². The first-order chi connectivity index (χ1) is 16.4. The molecule has 1 unspecified atom stereocenters. The van der Waals surface area contributed by atoms with E-state index in [0.717, 1.165) is 30.6 Å². The third-order valence-corrected chi connectivity index (χ3v) is 6.23. The molecule has 0 amide bonds. The molecular weight excluding hydrogens is 434 g/mol. The van der Waals surface area contributed by atoms with Crippen molar-refractivity contribution in [1.29, 1.82) is 0 Å². The van der Waals surface area contributed by atoms with Crippen LogP contribution in [0.5, 0.6) is 0 Å². The zero-order valence-electron chi connectivity index (χ0n) is 19.3. The number of anilines is 1. The lowest BCUT2D eigenvalue weighted by Crippen LogP contribution is -2.31. The molecular formula is C25H25N5O4. The van der Waals surface area contributed by atoms with E-state index >= 15 is 0 Å². The average Bonchev–Trinajstić information content (AvgIpc) is 3.59. The SMILES string of the molecule is Cc1ccc(-c2ccc(-c3nnc(-c4ccc(N5CCC(N(C)C)C5)cc4)o3)o2)c([N+](=O)[O-])c1. The van der Waals surface area contributed by atoms with Gasteiger partial charge >= 0.3 is 0 Å². The second-order valence-corrected chi connectivity index (χ2v) is 8.75. The Hall–Kier alpha value is -3.98. The van der Waals surface area contributed by atoms with Crippen molar-refractivity contribution in [2.24, 2.45) is 0 Å². The summed E-state index contributed by atoms with van der Waals surface area (Å²) in [7, 11) is 4.24. The van der Waals surface area contributed by atoms with Crippen LogP contribution < -0.4 is 4.90 Å². The van der Waals surface area contributed by atoms with Crippen LogP contribution in [-0.4, -0.2) is 53.2 Å². The zero-order chi connectivity index (χ0) is 23.8. The van der Waals surface area contributed by atoms with Gasteiger partial charge in [0.1, 0.15) is 5.76 Å². The molecule has 1 atom stereocenters. The van der Waals surface area contributed by atoms with Crippen LogP contribution >= 0.6 is 0 Å². The maximum Gasteiger partial charge on any atom is 0.283 e. The maximum atomic E-state index is 11.5. The van der Waals surface area contributed by atoms with E-state index in [1.54, 1.807) is 18.2 Å². The van der Waals surface area contributed by atoms with E-state index in [2.05, 4.69) is 46.2 Å². The molecule has 1 saturated heterocycles. The molecule has 34 heavy (non-hydrogen) atoms. The van der Waals surface area contributed by atoms with E-state index in [-0.39, 0.29) is 11.6 Å². The maximum absolute atomic E-state index is 11.5. The fraction of sp³-hybridized carbons (Fsp3) is 0.280. The van der Waals surface area contributed by atoms with Crippen molar-refractivity contribution in [3.05, 3.63) is 70.3 Å². The monoisotopic (exact) mass is 459 g/mol. The van der Waals surface area contributed by atoms with Crippen molar-refractivity contribution in [2.75, 3.05) is 32.1 Å². The van der Waals surface area contributed by atoms with E-state index in [0.29, 0.717) is 29.0 Å². The van der Waals surface area contributed by atoms with Crippen molar-refractivity contribution in [3.63, 3.8) is 0 Å². The molecule has 5 rings (SSSR count). The van der Waals surface area contributed by atoms with Crippen molar-refractivity contribution >= 4 is 11.4 Å². The molecule has 0 N–H and O–H groups in total. The standard InChI is InChI=1S/C25H25N5O4/c1-16-4-9-20(21(14-16)30(31)32)22-10-11-23(33-22)25-27-26-24(34-25)17-5-7-18(8-6-17)29-13-12-19(15-29)28(2)3/h4-11,14,19H,12-13,15H2,1-3H3. The van der Waals surface area contributed by atoms with Crippen LogP contribution in [0.25, 0.3) is 34.4 Å². The van der Waals surface area contributed by atoms with Gasteiger partial charge in [0.2, 0.25) is 5.89 Å². The minimum Gasteiger partial charge on any atom is -0.451 e. The number of nitro groups is 1. The second-order valence-electron chi connectivity index (χ2n) is 8.75. The van der Waals surface area contributed by atoms with Crippen LogP contribution in [0.3, 0.4) is 0 Å². The Morgan fingerprint density at radius 3 is 2.44 bits per heavy atom. The molecule has 0 radical (unpaired) electrons. The number of aryl methyl sites for hydroxylation is 1. The number of hydrogen-bond donors (Lipinski definition) is 0. The number of rotatable bonds is 6. The van der Waals surface area contributed by atoms with Gasteiger partial charge in [0, 0.05) is 36.4 Å². The normalized spacial score (nSPS) is 15.9. The predicted octanol–water partition coefficient (Wildman–Crippen LogP) is 5.02. The first-order valence-corrected chi connectivity index (χ1v) is 11.1.